The quantitative estimate of drug-likeness (QED) is 0.820. The molecule has 1 N–H and O–H groups in total. The third-order valence-electron chi connectivity index (χ3n) is 3.70. The van der Waals surface area contributed by atoms with Crippen LogP contribution in [0.2, 0.25) is 0 Å². The highest BCUT2D eigenvalue weighted by Gasteiger charge is 2.23. The summed E-state index contributed by atoms with van der Waals surface area (Å²) in [5, 5.41) is 4.83. The highest BCUT2D eigenvalue weighted by molar-refractivity contribution is 7.99. The zero-order valence-corrected chi connectivity index (χ0v) is 11.3. The Balaban J connectivity index is 1.67. The first-order valence-corrected chi connectivity index (χ1v) is 8.69. The molecule has 2 rings (SSSR count). The average molecular weight is 245 g/mol. The van der Waals surface area contributed by atoms with Gasteiger partial charge in [-0.15, -0.1) is 0 Å². The molecule has 0 unspecified atom stereocenters. The van der Waals surface area contributed by atoms with Crippen molar-refractivity contribution in [1.82, 2.24) is 5.32 Å². The minimum Gasteiger partial charge on any atom is -0.311 e. The van der Waals surface area contributed by atoms with E-state index in [2.05, 4.69) is 35.1 Å². The van der Waals surface area contributed by atoms with Gasteiger partial charge in [0.1, 0.15) is 0 Å². The Bertz CT molecular complexity index is 172. The van der Waals surface area contributed by atoms with Gasteiger partial charge in [0.15, 0.2) is 0 Å². The Morgan fingerprint density at radius 3 is 2.13 bits per heavy atom. The van der Waals surface area contributed by atoms with Crippen LogP contribution < -0.4 is 5.32 Å². The number of thioether (sulfide) groups is 2. The van der Waals surface area contributed by atoms with Crippen molar-refractivity contribution < 1.29 is 0 Å². The maximum Gasteiger partial charge on any atom is 0.00853 e. The predicted molar refractivity (Wildman–Crippen MR) is 73.0 cm³/mol. The largest absolute Gasteiger partial charge is 0.311 e. The molecule has 1 heterocycles. The summed E-state index contributed by atoms with van der Waals surface area (Å²) in [6.45, 7) is 0. The van der Waals surface area contributed by atoms with Gasteiger partial charge in [-0.1, -0.05) is 0 Å². The first-order chi connectivity index (χ1) is 7.38. The smallest absolute Gasteiger partial charge is 0.00853 e. The summed E-state index contributed by atoms with van der Waals surface area (Å²) in [7, 11) is 0. The summed E-state index contributed by atoms with van der Waals surface area (Å²) < 4.78 is 0. The van der Waals surface area contributed by atoms with Crippen molar-refractivity contribution in [2.45, 2.75) is 55.9 Å². The summed E-state index contributed by atoms with van der Waals surface area (Å²) in [6, 6.07) is 1.67. The molecular formula is C12H23NS2. The molecule has 3 heteroatoms. The van der Waals surface area contributed by atoms with E-state index >= 15 is 0 Å². The Kier molecular flexibility index (Phi) is 5.18. The molecule has 1 aliphatic heterocycles. The normalized spacial score (nSPS) is 34.2. The minimum atomic E-state index is 0.835. The standard InChI is InChI=1S/C12H23NS2/c1-14-12-4-2-10(3-5-12)13-11-6-8-15-9-7-11/h10-13H,2-9H2,1H3. The summed E-state index contributed by atoms with van der Waals surface area (Å²) in [5.41, 5.74) is 0. The Morgan fingerprint density at radius 1 is 0.933 bits per heavy atom. The molecule has 0 aromatic carbocycles. The van der Waals surface area contributed by atoms with E-state index in [9.17, 15) is 0 Å². The van der Waals surface area contributed by atoms with Crippen molar-refractivity contribution in [3.8, 4) is 0 Å². The van der Waals surface area contributed by atoms with E-state index in [0.717, 1.165) is 17.3 Å². The number of nitrogens with one attached hydrogen (secondary N) is 1. The Morgan fingerprint density at radius 2 is 1.53 bits per heavy atom. The van der Waals surface area contributed by atoms with E-state index in [0.29, 0.717) is 0 Å². The van der Waals surface area contributed by atoms with Crippen molar-refractivity contribution in [3.05, 3.63) is 0 Å². The lowest BCUT2D eigenvalue weighted by Crippen LogP contribution is -2.42. The van der Waals surface area contributed by atoms with Crippen LogP contribution in [0.15, 0.2) is 0 Å². The lowest BCUT2D eigenvalue weighted by Gasteiger charge is -2.33. The molecule has 0 aromatic heterocycles. The Hall–Kier alpha value is 0.660. The fourth-order valence-electron chi connectivity index (χ4n) is 2.66. The fraction of sp³-hybridized carbons (Fsp3) is 1.00. The van der Waals surface area contributed by atoms with E-state index in [4.69, 9.17) is 0 Å². The van der Waals surface area contributed by atoms with Crippen molar-refractivity contribution in [2.75, 3.05) is 17.8 Å². The van der Waals surface area contributed by atoms with Crippen molar-refractivity contribution in [2.24, 2.45) is 0 Å². The zero-order valence-electron chi connectivity index (χ0n) is 9.71. The molecule has 0 atom stereocenters. The van der Waals surface area contributed by atoms with E-state index in [-0.39, 0.29) is 0 Å². The van der Waals surface area contributed by atoms with Crippen LogP contribution in [0, 0.1) is 0 Å². The second kappa shape index (κ2) is 6.41. The third-order valence-corrected chi connectivity index (χ3v) is 5.89. The molecule has 0 bridgehead atoms. The summed E-state index contributed by atoms with van der Waals surface area (Å²) >= 11 is 4.18. The molecule has 1 saturated carbocycles. The molecular weight excluding hydrogens is 222 g/mol. The fourth-order valence-corrected chi connectivity index (χ4v) is 4.51. The number of hydrogen-bond donors (Lipinski definition) is 1. The molecule has 1 nitrogen and oxygen atoms in total. The van der Waals surface area contributed by atoms with Crippen LogP contribution in [0.25, 0.3) is 0 Å². The van der Waals surface area contributed by atoms with E-state index in [1.807, 2.05) is 0 Å². The van der Waals surface area contributed by atoms with Gasteiger partial charge < -0.3 is 5.32 Å². The van der Waals surface area contributed by atoms with Gasteiger partial charge in [-0.2, -0.15) is 23.5 Å². The summed E-state index contributed by atoms with van der Waals surface area (Å²) in [4.78, 5) is 0. The highest BCUT2D eigenvalue weighted by Crippen LogP contribution is 2.28. The zero-order chi connectivity index (χ0) is 10.5. The lowest BCUT2D eigenvalue weighted by atomic mass is 9.94. The topological polar surface area (TPSA) is 12.0 Å². The van der Waals surface area contributed by atoms with Gasteiger partial charge in [-0.3, -0.25) is 0 Å². The first-order valence-electron chi connectivity index (χ1n) is 6.25. The third kappa shape index (κ3) is 3.86. The summed E-state index contributed by atoms with van der Waals surface area (Å²) in [5.74, 6) is 2.75. The van der Waals surface area contributed by atoms with Gasteiger partial charge in [0.2, 0.25) is 0 Å². The van der Waals surface area contributed by atoms with Crippen molar-refractivity contribution >= 4 is 23.5 Å². The van der Waals surface area contributed by atoms with Crippen LogP contribution in [0.1, 0.15) is 38.5 Å². The van der Waals surface area contributed by atoms with Crippen LogP contribution >= 0.6 is 23.5 Å². The van der Waals surface area contributed by atoms with Crippen molar-refractivity contribution in [1.29, 1.82) is 0 Å². The van der Waals surface area contributed by atoms with Gasteiger partial charge in [0.25, 0.3) is 0 Å². The van der Waals surface area contributed by atoms with Crippen LogP contribution in [0.4, 0.5) is 0 Å². The van der Waals surface area contributed by atoms with E-state index in [1.165, 1.54) is 50.0 Å². The molecule has 0 spiro atoms. The molecule has 0 aromatic rings. The van der Waals surface area contributed by atoms with Crippen LogP contribution in [-0.4, -0.2) is 35.1 Å². The number of hydrogen-bond acceptors (Lipinski definition) is 3. The van der Waals surface area contributed by atoms with Crippen LogP contribution in [0.5, 0.6) is 0 Å². The maximum atomic E-state index is 3.88. The SMILES string of the molecule is CSC1CCC(NC2CCSCC2)CC1. The van der Waals surface area contributed by atoms with Gasteiger partial charge in [-0.25, -0.2) is 0 Å². The molecule has 2 fully saturated rings. The lowest BCUT2D eigenvalue weighted by molar-refractivity contribution is 0.331. The van der Waals surface area contributed by atoms with Crippen LogP contribution in [-0.2, 0) is 0 Å². The summed E-state index contributed by atoms with van der Waals surface area (Å²) in [6.07, 6.45) is 10.7. The van der Waals surface area contributed by atoms with Gasteiger partial charge in [0, 0.05) is 17.3 Å². The molecule has 1 aliphatic carbocycles. The molecule has 15 heavy (non-hydrogen) atoms. The second-order valence-corrected chi connectivity index (χ2v) is 7.13. The monoisotopic (exact) mass is 245 g/mol. The van der Waals surface area contributed by atoms with Crippen LogP contribution in [0.3, 0.4) is 0 Å². The van der Waals surface area contributed by atoms with Crippen molar-refractivity contribution in [3.63, 3.8) is 0 Å². The molecule has 2 aliphatic rings. The molecule has 0 amide bonds. The van der Waals surface area contributed by atoms with E-state index < -0.39 is 0 Å². The van der Waals surface area contributed by atoms with Gasteiger partial charge in [-0.05, 0) is 56.3 Å². The highest BCUT2D eigenvalue weighted by atomic mass is 32.2. The Labute approximate surface area is 103 Å². The second-order valence-electron chi connectivity index (χ2n) is 4.76. The van der Waals surface area contributed by atoms with Gasteiger partial charge in [0.05, 0.1) is 0 Å². The molecule has 88 valence electrons. The number of rotatable bonds is 3. The molecule has 1 saturated heterocycles. The average Bonchev–Trinajstić information content (AvgIpc) is 2.31. The molecule has 0 radical (unpaired) electrons. The minimum absolute atomic E-state index is 0.835. The van der Waals surface area contributed by atoms with Gasteiger partial charge >= 0.3 is 0 Å². The van der Waals surface area contributed by atoms with E-state index in [1.54, 1.807) is 0 Å². The predicted octanol–water partition coefficient (Wildman–Crippen LogP) is 3.15. The maximum absolute atomic E-state index is 3.88. The first kappa shape index (κ1) is 12.1.